The van der Waals surface area contributed by atoms with Crippen molar-refractivity contribution in [3.05, 3.63) is 65.4 Å². The van der Waals surface area contributed by atoms with Crippen LogP contribution in [-0.2, 0) is 16.1 Å². The van der Waals surface area contributed by atoms with Crippen molar-refractivity contribution in [1.29, 1.82) is 0 Å². The Morgan fingerprint density at radius 2 is 1.82 bits per heavy atom. The van der Waals surface area contributed by atoms with Crippen molar-refractivity contribution in [3.63, 3.8) is 0 Å². The lowest BCUT2D eigenvalue weighted by Crippen LogP contribution is -2.54. The number of benzene rings is 2. The molecule has 10 heteroatoms. The number of aromatic nitrogens is 2. The third kappa shape index (κ3) is 5.51. The van der Waals surface area contributed by atoms with Crippen molar-refractivity contribution >= 4 is 28.7 Å². The topological polar surface area (TPSA) is 113 Å². The van der Waals surface area contributed by atoms with Crippen LogP contribution in [0, 0.1) is 17.0 Å². The van der Waals surface area contributed by atoms with Gasteiger partial charge in [-0.1, -0.05) is 45.0 Å². The van der Waals surface area contributed by atoms with Crippen LogP contribution in [-0.4, -0.2) is 45.3 Å². The monoisotopic (exact) mass is 458 g/mol. The van der Waals surface area contributed by atoms with Crippen LogP contribution in [0.3, 0.4) is 0 Å². The molecule has 0 fully saturated rings. The lowest BCUT2D eigenvalue weighted by molar-refractivity contribution is -0.138. The van der Waals surface area contributed by atoms with Gasteiger partial charge in [0.15, 0.2) is 5.69 Å². The predicted molar refractivity (Wildman–Crippen MR) is 117 cm³/mol. The van der Waals surface area contributed by atoms with Crippen LogP contribution in [0.15, 0.2) is 42.5 Å². The maximum atomic E-state index is 14.2. The Hall–Kier alpha value is -3.82. The molecule has 0 saturated carbocycles. The number of aliphatic carboxylic acids is 1. The second-order valence-corrected chi connectivity index (χ2v) is 8.64. The van der Waals surface area contributed by atoms with Gasteiger partial charge in [-0.3, -0.25) is 19.1 Å². The summed E-state index contributed by atoms with van der Waals surface area (Å²) in [6.07, 6.45) is 0. The van der Waals surface area contributed by atoms with Gasteiger partial charge in [0.1, 0.15) is 24.2 Å². The number of halogens is 2. The van der Waals surface area contributed by atoms with Gasteiger partial charge in [-0.2, -0.15) is 5.10 Å². The third-order valence-electron chi connectivity index (χ3n) is 5.03. The van der Waals surface area contributed by atoms with E-state index in [0.29, 0.717) is 10.9 Å². The van der Waals surface area contributed by atoms with Crippen molar-refractivity contribution in [2.45, 2.75) is 33.4 Å². The Morgan fingerprint density at radius 1 is 1.12 bits per heavy atom. The molecule has 33 heavy (non-hydrogen) atoms. The molecule has 174 valence electrons. The summed E-state index contributed by atoms with van der Waals surface area (Å²) in [5.41, 5.74) is 0.0352. The van der Waals surface area contributed by atoms with Crippen LogP contribution >= 0.6 is 0 Å². The van der Waals surface area contributed by atoms with Gasteiger partial charge in [-0.05, 0) is 17.5 Å². The van der Waals surface area contributed by atoms with Crippen molar-refractivity contribution in [2.24, 2.45) is 5.41 Å². The van der Waals surface area contributed by atoms with Crippen LogP contribution in [0.25, 0.3) is 10.9 Å². The molecule has 0 radical (unpaired) electrons. The van der Waals surface area contributed by atoms with E-state index in [0.717, 1.165) is 12.1 Å². The lowest BCUT2D eigenvalue weighted by atomic mass is 9.86. The highest BCUT2D eigenvalue weighted by Gasteiger charge is 2.34. The number of rotatable bonds is 7. The van der Waals surface area contributed by atoms with E-state index in [1.807, 2.05) is 0 Å². The summed E-state index contributed by atoms with van der Waals surface area (Å²) in [7, 11) is 0. The SMILES string of the molecule is CC(C)(C)[C@H](NC(=O)c1nn(Cc2ccc(F)cc2F)c2ccccc12)C(=O)NCC(=O)O. The molecule has 3 aromatic rings. The molecule has 0 aliphatic carbocycles. The fraction of sp³-hybridized carbons (Fsp3) is 0.304. The molecule has 0 bridgehead atoms. The van der Waals surface area contributed by atoms with E-state index in [9.17, 15) is 23.2 Å². The summed E-state index contributed by atoms with van der Waals surface area (Å²) in [6, 6.07) is 9.02. The first-order valence-electron chi connectivity index (χ1n) is 10.2. The number of carbonyl (C=O) groups is 3. The summed E-state index contributed by atoms with van der Waals surface area (Å²) >= 11 is 0. The first-order valence-corrected chi connectivity index (χ1v) is 10.2. The number of amides is 2. The van der Waals surface area contributed by atoms with Gasteiger partial charge < -0.3 is 15.7 Å². The van der Waals surface area contributed by atoms with Crippen molar-refractivity contribution in [1.82, 2.24) is 20.4 Å². The third-order valence-corrected chi connectivity index (χ3v) is 5.03. The average Bonchev–Trinajstić information content (AvgIpc) is 3.10. The zero-order valence-corrected chi connectivity index (χ0v) is 18.4. The molecule has 1 heterocycles. The zero-order chi connectivity index (χ0) is 24.3. The number of carbonyl (C=O) groups excluding carboxylic acids is 2. The van der Waals surface area contributed by atoms with E-state index in [-0.39, 0.29) is 17.8 Å². The molecule has 0 spiro atoms. The highest BCUT2D eigenvalue weighted by molar-refractivity contribution is 6.06. The lowest BCUT2D eigenvalue weighted by Gasteiger charge is -2.30. The van der Waals surface area contributed by atoms with Crippen LogP contribution < -0.4 is 10.6 Å². The second-order valence-electron chi connectivity index (χ2n) is 8.64. The van der Waals surface area contributed by atoms with Crippen LogP contribution in [0.1, 0.15) is 36.8 Å². The quantitative estimate of drug-likeness (QED) is 0.504. The molecule has 0 saturated heterocycles. The number of nitrogens with zero attached hydrogens (tertiary/aromatic N) is 2. The number of fused-ring (bicyclic) bond motifs is 1. The molecule has 2 aromatic carbocycles. The van der Waals surface area contributed by atoms with Gasteiger partial charge in [0.25, 0.3) is 5.91 Å². The van der Waals surface area contributed by atoms with E-state index < -0.39 is 47.4 Å². The fourth-order valence-corrected chi connectivity index (χ4v) is 3.37. The molecule has 2 amide bonds. The standard InChI is InChI=1S/C23H24F2N4O4/c1-23(2,3)20(22(33)26-11-18(30)31)27-21(32)19-15-6-4-5-7-17(15)29(28-19)12-13-8-9-14(24)10-16(13)25/h4-10,20H,11-12H2,1-3H3,(H,26,33)(H,27,32)(H,30,31)/t20-/m1/s1. The fourth-order valence-electron chi connectivity index (χ4n) is 3.37. The number of carboxylic acids is 1. The minimum absolute atomic E-state index is 0.0217. The maximum absolute atomic E-state index is 14.2. The smallest absolute Gasteiger partial charge is 0.322 e. The first-order chi connectivity index (χ1) is 15.5. The van der Waals surface area contributed by atoms with Gasteiger partial charge in [0, 0.05) is 17.0 Å². The van der Waals surface area contributed by atoms with E-state index in [4.69, 9.17) is 5.11 Å². The average molecular weight is 458 g/mol. The highest BCUT2D eigenvalue weighted by atomic mass is 19.1. The summed E-state index contributed by atoms with van der Waals surface area (Å²) in [6.45, 7) is 4.56. The van der Waals surface area contributed by atoms with Crippen LogP contribution in [0.2, 0.25) is 0 Å². The molecule has 0 unspecified atom stereocenters. The summed E-state index contributed by atoms with van der Waals surface area (Å²) in [4.78, 5) is 36.5. The van der Waals surface area contributed by atoms with Crippen molar-refractivity contribution < 1.29 is 28.3 Å². The molecular formula is C23H24F2N4O4. The molecule has 1 aromatic heterocycles. The molecular weight excluding hydrogens is 434 g/mol. The van der Waals surface area contributed by atoms with Crippen LogP contribution in [0.4, 0.5) is 8.78 Å². The predicted octanol–water partition coefficient (Wildman–Crippen LogP) is 2.71. The Kier molecular flexibility index (Phi) is 6.75. The number of hydrogen-bond acceptors (Lipinski definition) is 4. The van der Waals surface area contributed by atoms with Crippen molar-refractivity contribution in [3.8, 4) is 0 Å². The molecule has 0 aliphatic heterocycles. The number of nitrogens with one attached hydrogen (secondary N) is 2. The summed E-state index contributed by atoms with van der Waals surface area (Å²) in [5, 5.41) is 18.6. The number of para-hydroxylation sites is 1. The Labute approximate surface area is 188 Å². The van der Waals surface area contributed by atoms with Gasteiger partial charge in [0.05, 0.1) is 12.1 Å². The van der Waals surface area contributed by atoms with Gasteiger partial charge in [-0.15, -0.1) is 0 Å². The molecule has 8 nitrogen and oxygen atoms in total. The highest BCUT2D eigenvalue weighted by Crippen LogP contribution is 2.23. The Morgan fingerprint density at radius 3 is 2.45 bits per heavy atom. The van der Waals surface area contributed by atoms with E-state index in [1.165, 1.54) is 10.7 Å². The van der Waals surface area contributed by atoms with Gasteiger partial charge in [-0.25, -0.2) is 8.78 Å². The molecule has 3 N–H and O–H groups in total. The maximum Gasteiger partial charge on any atom is 0.322 e. The second kappa shape index (κ2) is 9.35. The van der Waals surface area contributed by atoms with Gasteiger partial charge >= 0.3 is 5.97 Å². The normalized spacial score (nSPS) is 12.4. The first kappa shape index (κ1) is 23.8. The summed E-state index contributed by atoms with van der Waals surface area (Å²) in [5.74, 6) is -3.93. The largest absolute Gasteiger partial charge is 0.480 e. The number of carboxylic acid groups (broad SMARTS) is 1. The minimum atomic E-state index is -1.21. The zero-order valence-electron chi connectivity index (χ0n) is 18.4. The number of hydrogen-bond donors (Lipinski definition) is 3. The van der Waals surface area contributed by atoms with E-state index in [1.54, 1.807) is 45.0 Å². The Bertz CT molecular complexity index is 1220. The van der Waals surface area contributed by atoms with Crippen LogP contribution in [0.5, 0.6) is 0 Å². The minimum Gasteiger partial charge on any atom is -0.480 e. The Balaban J connectivity index is 1.93. The molecule has 1 atom stereocenters. The van der Waals surface area contributed by atoms with E-state index in [2.05, 4.69) is 15.7 Å². The molecule has 3 rings (SSSR count). The summed E-state index contributed by atoms with van der Waals surface area (Å²) < 4.78 is 28.9. The van der Waals surface area contributed by atoms with Crippen molar-refractivity contribution in [2.75, 3.05) is 6.54 Å². The van der Waals surface area contributed by atoms with E-state index >= 15 is 0 Å². The molecule has 0 aliphatic rings. The van der Waals surface area contributed by atoms with Gasteiger partial charge in [0.2, 0.25) is 5.91 Å².